The molecule has 0 spiro atoms. The lowest BCUT2D eigenvalue weighted by molar-refractivity contribution is 0.284. The lowest BCUT2D eigenvalue weighted by Gasteiger charge is -2.11. The van der Waals surface area contributed by atoms with Gasteiger partial charge in [-0.15, -0.1) is 0 Å². The Balaban J connectivity index is 2.06. The summed E-state index contributed by atoms with van der Waals surface area (Å²) in [5.41, 5.74) is 6.79. The van der Waals surface area contributed by atoms with Crippen LogP contribution < -0.4 is 10.5 Å². The number of aromatic nitrogens is 3. The fourth-order valence-corrected chi connectivity index (χ4v) is 1.79. The van der Waals surface area contributed by atoms with Crippen LogP contribution >= 0.6 is 0 Å². The number of benzene rings is 1. The maximum atomic E-state index is 8.79. The van der Waals surface area contributed by atoms with Gasteiger partial charge in [-0.1, -0.05) is 13.8 Å². The van der Waals surface area contributed by atoms with Crippen LogP contribution in [0.1, 0.15) is 25.2 Å². The summed E-state index contributed by atoms with van der Waals surface area (Å²) in [6.07, 6.45) is 1.52. The van der Waals surface area contributed by atoms with Gasteiger partial charge in [0.1, 0.15) is 18.7 Å². The molecule has 0 aliphatic carbocycles. The molecule has 6 heteroatoms. The summed E-state index contributed by atoms with van der Waals surface area (Å²) in [6.45, 7) is 5.32. The van der Waals surface area contributed by atoms with E-state index in [1.54, 1.807) is 18.2 Å². The zero-order valence-electron chi connectivity index (χ0n) is 11.6. The first-order valence-electron chi connectivity index (χ1n) is 6.39. The minimum Gasteiger partial charge on any atom is -0.483 e. The molecule has 0 amide bonds. The first kappa shape index (κ1) is 13.9. The van der Waals surface area contributed by atoms with Crippen molar-refractivity contribution in [3.8, 4) is 11.8 Å². The molecule has 0 aliphatic rings. The number of hydrogen-bond donors (Lipinski definition) is 1. The third kappa shape index (κ3) is 3.26. The van der Waals surface area contributed by atoms with E-state index in [0.717, 1.165) is 12.4 Å². The summed E-state index contributed by atoms with van der Waals surface area (Å²) >= 11 is 0. The topological polar surface area (TPSA) is 89.8 Å². The van der Waals surface area contributed by atoms with Crippen molar-refractivity contribution in [2.24, 2.45) is 5.92 Å². The van der Waals surface area contributed by atoms with Gasteiger partial charge < -0.3 is 10.5 Å². The second-order valence-corrected chi connectivity index (χ2v) is 4.91. The number of anilines is 1. The predicted molar refractivity (Wildman–Crippen MR) is 74.8 cm³/mol. The van der Waals surface area contributed by atoms with Gasteiger partial charge in [-0.3, -0.25) is 0 Å². The standard InChI is InChI=1S/C14H17N5O/c1-10(2)7-19-14(17-9-18-19)8-20-13-4-3-11(6-15)5-12(13)16/h3-5,9-10H,7-8,16H2,1-2H3. The van der Waals surface area contributed by atoms with Crippen molar-refractivity contribution in [1.29, 1.82) is 5.26 Å². The number of nitriles is 1. The van der Waals surface area contributed by atoms with Gasteiger partial charge in [0, 0.05) is 6.54 Å². The molecule has 104 valence electrons. The molecule has 0 radical (unpaired) electrons. The minimum atomic E-state index is 0.294. The third-order valence-electron chi connectivity index (χ3n) is 2.73. The molecule has 0 fully saturated rings. The lowest BCUT2D eigenvalue weighted by atomic mass is 10.2. The second-order valence-electron chi connectivity index (χ2n) is 4.91. The van der Waals surface area contributed by atoms with Crippen molar-refractivity contribution in [3.63, 3.8) is 0 Å². The molecule has 0 bridgehead atoms. The Kier molecular flexibility index (Phi) is 4.20. The van der Waals surface area contributed by atoms with E-state index in [1.807, 2.05) is 10.8 Å². The molecule has 0 atom stereocenters. The predicted octanol–water partition coefficient (Wildman–Crippen LogP) is 1.97. The maximum Gasteiger partial charge on any atom is 0.164 e. The summed E-state index contributed by atoms with van der Waals surface area (Å²) in [7, 11) is 0. The van der Waals surface area contributed by atoms with Gasteiger partial charge in [-0.25, -0.2) is 9.67 Å². The molecule has 1 aromatic heterocycles. The summed E-state index contributed by atoms with van der Waals surface area (Å²) < 4.78 is 7.47. The SMILES string of the molecule is CC(C)Cn1ncnc1COc1ccc(C#N)cc1N. The Labute approximate surface area is 117 Å². The van der Waals surface area contributed by atoms with Gasteiger partial charge in [0.2, 0.25) is 0 Å². The van der Waals surface area contributed by atoms with Crippen LogP contribution in [0.3, 0.4) is 0 Å². The highest BCUT2D eigenvalue weighted by molar-refractivity contribution is 5.56. The van der Waals surface area contributed by atoms with Crippen LogP contribution in [-0.2, 0) is 13.2 Å². The monoisotopic (exact) mass is 271 g/mol. The van der Waals surface area contributed by atoms with E-state index in [0.29, 0.717) is 29.5 Å². The van der Waals surface area contributed by atoms with E-state index in [2.05, 4.69) is 23.9 Å². The number of rotatable bonds is 5. The van der Waals surface area contributed by atoms with Crippen molar-refractivity contribution >= 4 is 5.69 Å². The fourth-order valence-electron chi connectivity index (χ4n) is 1.79. The summed E-state index contributed by atoms with van der Waals surface area (Å²) in [4.78, 5) is 4.18. The fraction of sp³-hybridized carbons (Fsp3) is 0.357. The van der Waals surface area contributed by atoms with E-state index in [-0.39, 0.29) is 0 Å². The Morgan fingerprint density at radius 3 is 2.90 bits per heavy atom. The molecule has 0 aliphatic heterocycles. The van der Waals surface area contributed by atoms with Gasteiger partial charge in [0.25, 0.3) is 0 Å². The molecule has 6 nitrogen and oxygen atoms in total. The van der Waals surface area contributed by atoms with Crippen molar-refractivity contribution in [1.82, 2.24) is 14.8 Å². The van der Waals surface area contributed by atoms with Crippen LogP contribution in [-0.4, -0.2) is 14.8 Å². The number of nitrogens with two attached hydrogens (primary N) is 1. The van der Waals surface area contributed by atoms with E-state index in [1.165, 1.54) is 6.33 Å². The molecule has 2 N–H and O–H groups in total. The van der Waals surface area contributed by atoms with Gasteiger partial charge in [-0.05, 0) is 24.1 Å². The van der Waals surface area contributed by atoms with Gasteiger partial charge in [0.05, 0.1) is 17.3 Å². The first-order chi connectivity index (χ1) is 9.60. The Morgan fingerprint density at radius 1 is 1.45 bits per heavy atom. The molecular formula is C14H17N5O. The maximum absolute atomic E-state index is 8.79. The van der Waals surface area contributed by atoms with E-state index < -0.39 is 0 Å². The third-order valence-corrected chi connectivity index (χ3v) is 2.73. The average Bonchev–Trinajstić information content (AvgIpc) is 2.83. The number of nitrogens with zero attached hydrogens (tertiary/aromatic N) is 4. The van der Waals surface area contributed by atoms with E-state index >= 15 is 0 Å². The highest BCUT2D eigenvalue weighted by Crippen LogP contribution is 2.23. The molecule has 0 unspecified atom stereocenters. The molecule has 2 rings (SSSR count). The zero-order valence-corrected chi connectivity index (χ0v) is 11.6. The molecule has 0 saturated carbocycles. The number of ether oxygens (including phenoxy) is 1. The van der Waals surface area contributed by atoms with Crippen LogP contribution in [0, 0.1) is 17.2 Å². The summed E-state index contributed by atoms with van der Waals surface area (Å²) in [5, 5.41) is 13.0. The molecule has 2 aromatic rings. The van der Waals surface area contributed by atoms with Crippen molar-refractivity contribution in [2.45, 2.75) is 27.0 Å². The van der Waals surface area contributed by atoms with Crippen LogP contribution in [0.4, 0.5) is 5.69 Å². The number of nitrogen functional groups attached to an aromatic ring is 1. The van der Waals surface area contributed by atoms with Crippen LogP contribution in [0.2, 0.25) is 0 Å². The Hall–Kier alpha value is -2.55. The quantitative estimate of drug-likeness (QED) is 0.840. The number of hydrogen-bond acceptors (Lipinski definition) is 5. The highest BCUT2D eigenvalue weighted by atomic mass is 16.5. The normalized spacial score (nSPS) is 10.5. The molecule has 1 heterocycles. The van der Waals surface area contributed by atoms with E-state index in [9.17, 15) is 0 Å². The first-order valence-corrected chi connectivity index (χ1v) is 6.39. The second kappa shape index (κ2) is 6.06. The van der Waals surface area contributed by atoms with E-state index in [4.69, 9.17) is 15.7 Å². The average molecular weight is 271 g/mol. The summed E-state index contributed by atoms with van der Waals surface area (Å²) in [6, 6.07) is 6.99. The van der Waals surface area contributed by atoms with Crippen LogP contribution in [0.15, 0.2) is 24.5 Å². The van der Waals surface area contributed by atoms with Gasteiger partial charge in [0.15, 0.2) is 5.82 Å². The molecule has 0 saturated heterocycles. The van der Waals surface area contributed by atoms with Crippen LogP contribution in [0.5, 0.6) is 5.75 Å². The molecule has 20 heavy (non-hydrogen) atoms. The van der Waals surface area contributed by atoms with Crippen LogP contribution in [0.25, 0.3) is 0 Å². The van der Waals surface area contributed by atoms with Crippen molar-refractivity contribution in [3.05, 3.63) is 35.9 Å². The molecule has 1 aromatic carbocycles. The van der Waals surface area contributed by atoms with Gasteiger partial charge in [-0.2, -0.15) is 10.4 Å². The molecular weight excluding hydrogens is 254 g/mol. The highest BCUT2D eigenvalue weighted by Gasteiger charge is 2.08. The largest absolute Gasteiger partial charge is 0.483 e. The lowest BCUT2D eigenvalue weighted by Crippen LogP contribution is -2.12. The van der Waals surface area contributed by atoms with Gasteiger partial charge >= 0.3 is 0 Å². The van der Waals surface area contributed by atoms with Crippen molar-refractivity contribution < 1.29 is 4.74 Å². The minimum absolute atomic E-state index is 0.294. The Bertz CT molecular complexity index is 627. The summed E-state index contributed by atoms with van der Waals surface area (Å²) in [5.74, 6) is 1.78. The Morgan fingerprint density at radius 2 is 2.25 bits per heavy atom. The van der Waals surface area contributed by atoms with Crippen molar-refractivity contribution in [2.75, 3.05) is 5.73 Å². The smallest absolute Gasteiger partial charge is 0.164 e. The zero-order chi connectivity index (χ0) is 14.5.